The van der Waals surface area contributed by atoms with Crippen LogP contribution in [-0.4, -0.2) is 66.2 Å². The molecule has 1 amide bonds. The van der Waals surface area contributed by atoms with E-state index in [-0.39, 0.29) is 17.9 Å². The van der Waals surface area contributed by atoms with E-state index in [1.807, 2.05) is 17.9 Å². The van der Waals surface area contributed by atoms with Crippen LogP contribution in [0.5, 0.6) is 5.75 Å². The highest BCUT2D eigenvalue weighted by Gasteiger charge is 2.21. The summed E-state index contributed by atoms with van der Waals surface area (Å²) >= 11 is 0. The lowest BCUT2D eigenvalue weighted by Gasteiger charge is -2.35. The number of piperazine rings is 1. The molecule has 0 bridgehead atoms. The average molecular weight is 348 g/mol. The molecular formula is C20H32N2O3. The zero-order valence-corrected chi connectivity index (χ0v) is 16.2. The van der Waals surface area contributed by atoms with Crippen LogP contribution < -0.4 is 4.74 Å². The molecule has 1 fully saturated rings. The fraction of sp³-hybridized carbons (Fsp3) is 0.650. The van der Waals surface area contributed by atoms with Crippen molar-refractivity contribution in [2.45, 2.75) is 46.1 Å². The molecule has 1 aromatic rings. The molecule has 0 saturated carbocycles. The van der Waals surface area contributed by atoms with Gasteiger partial charge in [-0.25, -0.2) is 0 Å². The van der Waals surface area contributed by atoms with Crippen molar-refractivity contribution < 1.29 is 14.6 Å². The lowest BCUT2D eigenvalue weighted by Crippen LogP contribution is -2.50. The summed E-state index contributed by atoms with van der Waals surface area (Å²) in [5.74, 6) is 0.950. The monoisotopic (exact) mass is 348 g/mol. The molecule has 140 valence electrons. The lowest BCUT2D eigenvalue weighted by atomic mass is 9.86. The number of aliphatic hydroxyl groups excluding tert-OH is 1. The summed E-state index contributed by atoms with van der Waals surface area (Å²) < 4.78 is 5.83. The number of β-amino-alcohol motifs (C(OH)–C–C–N with tert-alkyl or cyclic N) is 1. The van der Waals surface area contributed by atoms with Crippen LogP contribution in [0.2, 0.25) is 0 Å². The lowest BCUT2D eigenvalue weighted by molar-refractivity contribution is -0.130. The third-order valence-corrected chi connectivity index (χ3v) is 4.76. The number of rotatable bonds is 5. The first kappa shape index (κ1) is 19.7. The van der Waals surface area contributed by atoms with Gasteiger partial charge in [0.2, 0.25) is 5.91 Å². The summed E-state index contributed by atoms with van der Waals surface area (Å²) in [6, 6.07) is 6.24. The minimum Gasteiger partial charge on any atom is -0.491 e. The molecule has 5 heteroatoms. The van der Waals surface area contributed by atoms with Crippen LogP contribution in [0.25, 0.3) is 0 Å². The summed E-state index contributed by atoms with van der Waals surface area (Å²) in [5, 5.41) is 10.3. The Hall–Kier alpha value is -1.59. The van der Waals surface area contributed by atoms with Crippen LogP contribution in [0.15, 0.2) is 18.2 Å². The maximum absolute atomic E-state index is 11.3. The van der Waals surface area contributed by atoms with Gasteiger partial charge in [0, 0.05) is 39.6 Å². The van der Waals surface area contributed by atoms with E-state index in [0.717, 1.165) is 37.5 Å². The van der Waals surface area contributed by atoms with Gasteiger partial charge in [-0.15, -0.1) is 0 Å². The Labute approximate surface area is 151 Å². The fourth-order valence-electron chi connectivity index (χ4n) is 3.06. The van der Waals surface area contributed by atoms with Crippen molar-refractivity contribution in [3.8, 4) is 5.75 Å². The largest absolute Gasteiger partial charge is 0.491 e. The van der Waals surface area contributed by atoms with E-state index in [1.54, 1.807) is 6.92 Å². The molecule has 1 heterocycles. The molecule has 1 N–H and O–H groups in total. The summed E-state index contributed by atoms with van der Waals surface area (Å²) in [6.45, 7) is 14.1. The van der Waals surface area contributed by atoms with E-state index in [9.17, 15) is 9.90 Å². The van der Waals surface area contributed by atoms with Gasteiger partial charge >= 0.3 is 0 Å². The van der Waals surface area contributed by atoms with E-state index in [2.05, 4.69) is 37.8 Å². The number of amides is 1. The van der Waals surface area contributed by atoms with Crippen molar-refractivity contribution in [1.82, 2.24) is 9.80 Å². The zero-order chi connectivity index (χ0) is 18.6. The predicted molar refractivity (Wildman–Crippen MR) is 100 cm³/mol. The number of hydrogen-bond acceptors (Lipinski definition) is 4. The van der Waals surface area contributed by atoms with Gasteiger partial charge in [0.1, 0.15) is 18.5 Å². The Morgan fingerprint density at radius 3 is 2.40 bits per heavy atom. The van der Waals surface area contributed by atoms with Crippen molar-refractivity contribution in [3.05, 3.63) is 29.3 Å². The van der Waals surface area contributed by atoms with Crippen LogP contribution in [0, 0.1) is 6.92 Å². The number of carbonyl (C=O) groups is 1. The molecule has 0 radical (unpaired) electrons. The van der Waals surface area contributed by atoms with E-state index < -0.39 is 6.10 Å². The van der Waals surface area contributed by atoms with Crippen LogP contribution in [0.1, 0.15) is 38.8 Å². The molecule has 0 aliphatic carbocycles. The molecule has 2 rings (SSSR count). The quantitative estimate of drug-likeness (QED) is 0.886. The second-order valence-corrected chi connectivity index (χ2v) is 8.00. The topological polar surface area (TPSA) is 53.0 Å². The summed E-state index contributed by atoms with van der Waals surface area (Å²) in [4.78, 5) is 15.4. The Morgan fingerprint density at radius 1 is 1.24 bits per heavy atom. The van der Waals surface area contributed by atoms with Crippen molar-refractivity contribution in [2.24, 2.45) is 0 Å². The first-order valence-corrected chi connectivity index (χ1v) is 9.06. The van der Waals surface area contributed by atoms with Crippen molar-refractivity contribution in [2.75, 3.05) is 39.3 Å². The Bertz CT molecular complexity index is 587. The summed E-state index contributed by atoms with van der Waals surface area (Å²) in [5.41, 5.74) is 2.49. The van der Waals surface area contributed by atoms with E-state index in [1.165, 1.54) is 5.56 Å². The van der Waals surface area contributed by atoms with Crippen molar-refractivity contribution in [3.63, 3.8) is 0 Å². The highest BCUT2D eigenvalue weighted by atomic mass is 16.5. The third kappa shape index (κ3) is 5.72. The van der Waals surface area contributed by atoms with Gasteiger partial charge in [-0.05, 0) is 29.5 Å². The average Bonchev–Trinajstić information content (AvgIpc) is 2.53. The Morgan fingerprint density at radius 2 is 1.88 bits per heavy atom. The highest BCUT2D eigenvalue weighted by Crippen LogP contribution is 2.27. The van der Waals surface area contributed by atoms with Gasteiger partial charge in [0.05, 0.1) is 0 Å². The fourth-order valence-corrected chi connectivity index (χ4v) is 3.06. The molecule has 0 unspecified atom stereocenters. The molecule has 25 heavy (non-hydrogen) atoms. The molecule has 5 nitrogen and oxygen atoms in total. The first-order valence-electron chi connectivity index (χ1n) is 9.06. The molecule has 1 aliphatic heterocycles. The maximum atomic E-state index is 11.3. The number of aliphatic hydroxyl groups is 1. The Kier molecular flexibility index (Phi) is 6.47. The van der Waals surface area contributed by atoms with Crippen LogP contribution in [0.3, 0.4) is 0 Å². The molecule has 1 saturated heterocycles. The van der Waals surface area contributed by atoms with E-state index >= 15 is 0 Å². The third-order valence-electron chi connectivity index (χ3n) is 4.76. The normalized spacial score (nSPS) is 17.4. The standard InChI is InChI=1S/C20H32N2O3/c1-15-12-17(20(3,4)5)6-7-19(15)25-14-18(24)13-21-8-10-22(11-9-21)16(2)23/h6-7,12,18,24H,8-11,13-14H2,1-5H3/t18-/m0/s1. The highest BCUT2D eigenvalue weighted by molar-refractivity contribution is 5.73. The van der Waals surface area contributed by atoms with Crippen molar-refractivity contribution in [1.29, 1.82) is 0 Å². The minimum atomic E-state index is -0.537. The van der Waals surface area contributed by atoms with Gasteiger partial charge in [0.25, 0.3) is 0 Å². The van der Waals surface area contributed by atoms with Gasteiger partial charge in [-0.2, -0.15) is 0 Å². The molecule has 0 spiro atoms. The zero-order valence-electron chi connectivity index (χ0n) is 16.2. The Balaban J connectivity index is 1.80. The molecule has 0 aromatic heterocycles. The number of benzene rings is 1. The smallest absolute Gasteiger partial charge is 0.219 e. The predicted octanol–water partition coefficient (Wildman–Crippen LogP) is 2.20. The SMILES string of the molecule is CC(=O)N1CCN(C[C@H](O)COc2ccc(C(C)(C)C)cc2C)CC1. The summed E-state index contributed by atoms with van der Waals surface area (Å²) in [6.07, 6.45) is -0.537. The van der Waals surface area contributed by atoms with E-state index in [4.69, 9.17) is 4.74 Å². The van der Waals surface area contributed by atoms with Gasteiger partial charge in [-0.3, -0.25) is 9.69 Å². The van der Waals surface area contributed by atoms with Crippen molar-refractivity contribution >= 4 is 5.91 Å². The van der Waals surface area contributed by atoms with Crippen LogP contribution >= 0.6 is 0 Å². The molecule has 1 aromatic carbocycles. The van der Waals surface area contributed by atoms with Gasteiger partial charge in [-0.1, -0.05) is 32.9 Å². The number of carbonyl (C=O) groups excluding carboxylic acids is 1. The number of nitrogens with zero attached hydrogens (tertiary/aromatic N) is 2. The first-order chi connectivity index (χ1) is 11.7. The second kappa shape index (κ2) is 8.19. The number of ether oxygens (including phenoxy) is 1. The molecular weight excluding hydrogens is 316 g/mol. The summed E-state index contributed by atoms with van der Waals surface area (Å²) in [7, 11) is 0. The van der Waals surface area contributed by atoms with Crippen LogP contribution in [-0.2, 0) is 10.2 Å². The second-order valence-electron chi connectivity index (χ2n) is 8.00. The number of hydrogen-bond donors (Lipinski definition) is 1. The van der Waals surface area contributed by atoms with Gasteiger partial charge in [0.15, 0.2) is 0 Å². The number of aryl methyl sites for hydroxylation is 1. The van der Waals surface area contributed by atoms with Gasteiger partial charge < -0.3 is 14.7 Å². The minimum absolute atomic E-state index is 0.116. The molecule has 1 aliphatic rings. The van der Waals surface area contributed by atoms with Crippen LogP contribution in [0.4, 0.5) is 0 Å². The maximum Gasteiger partial charge on any atom is 0.219 e. The van der Waals surface area contributed by atoms with E-state index in [0.29, 0.717) is 6.54 Å². The molecule has 1 atom stereocenters.